The Labute approximate surface area is 188 Å². The summed E-state index contributed by atoms with van der Waals surface area (Å²) in [5.41, 5.74) is 1.51. The average Bonchev–Trinajstić information content (AvgIpc) is 2.93. The Kier molecular flexibility index (Phi) is 7.32. The highest BCUT2D eigenvalue weighted by Gasteiger charge is 2.36. The first-order chi connectivity index (χ1) is 15.4. The van der Waals surface area contributed by atoms with Crippen LogP contribution in [0.5, 0.6) is 0 Å². The Morgan fingerprint density at radius 3 is 2.34 bits per heavy atom. The molecule has 0 unspecified atom stereocenters. The maximum Gasteiger partial charge on any atom is 0.326 e. The second-order valence-electron chi connectivity index (χ2n) is 6.64. The number of esters is 2. The number of benzene rings is 2. The van der Waals surface area contributed by atoms with Gasteiger partial charge in [-0.1, -0.05) is 29.8 Å². The van der Waals surface area contributed by atoms with E-state index in [2.05, 4.69) is 9.98 Å². The Morgan fingerprint density at radius 1 is 1.09 bits per heavy atom. The van der Waals surface area contributed by atoms with Crippen molar-refractivity contribution >= 4 is 46.3 Å². The lowest BCUT2D eigenvalue weighted by Crippen LogP contribution is -2.36. The molecule has 0 atom stereocenters. The molecule has 0 fully saturated rings. The fraction of sp³-hybridized carbons (Fsp3) is 0.273. The van der Waals surface area contributed by atoms with Crippen molar-refractivity contribution in [2.45, 2.75) is 13.8 Å². The van der Waals surface area contributed by atoms with Crippen molar-refractivity contribution < 1.29 is 24.0 Å². The van der Waals surface area contributed by atoms with E-state index < -0.39 is 22.8 Å². The van der Waals surface area contributed by atoms with Crippen LogP contribution >= 0.6 is 11.6 Å². The first-order valence-corrected chi connectivity index (χ1v) is 10.2. The number of aliphatic imine (C=N–C) groups is 2. The number of carbonyl (C=O) groups is 2. The van der Waals surface area contributed by atoms with Crippen molar-refractivity contribution in [2.75, 3.05) is 19.8 Å². The summed E-state index contributed by atoms with van der Waals surface area (Å²) >= 11 is 6.36. The van der Waals surface area contributed by atoms with Gasteiger partial charge in [0.1, 0.15) is 0 Å². The zero-order chi connectivity index (χ0) is 23.3. The molecule has 0 aromatic heterocycles. The Morgan fingerprint density at radius 2 is 1.75 bits per heavy atom. The third kappa shape index (κ3) is 4.83. The van der Waals surface area contributed by atoms with Gasteiger partial charge in [0.25, 0.3) is 5.69 Å². The van der Waals surface area contributed by atoms with Crippen LogP contribution in [0.1, 0.15) is 25.0 Å². The molecule has 32 heavy (non-hydrogen) atoms. The third-order valence-electron chi connectivity index (χ3n) is 4.62. The lowest BCUT2D eigenvalue weighted by molar-refractivity contribution is -0.384. The van der Waals surface area contributed by atoms with Crippen molar-refractivity contribution in [1.29, 1.82) is 0 Å². The minimum absolute atomic E-state index is 0.0684. The van der Waals surface area contributed by atoms with E-state index >= 15 is 0 Å². The summed E-state index contributed by atoms with van der Waals surface area (Å²) in [5.74, 6) is -3.01. The predicted molar refractivity (Wildman–Crippen MR) is 119 cm³/mol. The molecule has 0 saturated heterocycles. The first kappa shape index (κ1) is 23.1. The first-order valence-electron chi connectivity index (χ1n) is 9.86. The van der Waals surface area contributed by atoms with Crippen LogP contribution in [0.25, 0.3) is 0 Å². The van der Waals surface area contributed by atoms with Gasteiger partial charge in [0, 0.05) is 28.3 Å². The highest BCUT2D eigenvalue weighted by molar-refractivity contribution is 6.36. The molecule has 1 heterocycles. The van der Waals surface area contributed by atoms with Crippen LogP contribution < -0.4 is 0 Å². The van der Waals surface area contributed by atoms with Crippen LogP contribution in [0.15, 0.2) is 52.4 Å². The fourth-order valence-electron chi connectivity index (χ4n) is 3.22. The van der Waals surface area contributed by atoms with Crippen LogP contribution in [0.2, 0.25) is 5.02 Å². The van der Waals surface area contributed by atoms with Crippen LogP contribution in [0, 0.1) is 16.0 Å². The minimum atomic E-state index is -1.41. The molecule has 0 N–H and O–H groups in total. The molecule has 1 aliphatic rings. The van der Waals surface area contributed by atoms with Crippen molar-refractivity contribution in [2.24, 2.45) is 15.9 Å². The molecule has 10 heteroatoms. The monoisotopic (exact) mass is 457 g/mol. The summed E-state index contributed by atoms with van der Waals surface area (Å²) in [6.45, 7) is 3.25. The Bertz CT molecular complexity index is 1110. The van der Waals surface area contributed by atoms with Gasteiger partial charge in [0.2, 0.25) is 0 Å². The Balaban J connectivity index is 2.20. The number of rotatable bonds is 7. The number of ether oxygens (including phenoxy) is 2. The number of carbonyl (C=O) groups excluding carboxylic acids is 2. The number of nitro benzene ring substituents is 1. The van der Waals surface area contributed by atoms with Crippen LogP contribution in [0.3, 0.4) is 0 Å². The SMILES string of the molecule is CCOC(=O)C(C(=O)OCC)C1=Nc2ccc([N+](=O)[O-])cc2C(c2ccccc2Cl)=NC1. The molecule has 0 amide bonds. The molecular formula is C22H20ClN3O6. The van der Waals surface area contributed by atoms with Crippen molar-refractivity contribution in [3.05, 3.63) is 68.7 Å². The summed E-state index contributed by atoms with van der Waals surface area (Å²) in [6, 6.07) is 11.0. The molecule has 0 aliphatic carbocycles. The van der Waals surface area contributed by atoms with E-state index in [9.17, 15) is 19.7 Å². The number of nitro groups is 1. The van der Waals surface area contributed by atoms with Gasteiger partial charge in [0.15, 0.2) is 5.92 Å². The molecule has 0 radical (unpaired) electrons. The zero-order valence-electron chi connectivity index (χ0n) is 17.4. The standard InChI is InChI=1S/C22H20ClN3O6/c1-3-31-21(27)19(22(28)32-4-2)18-12-24-20(14-7-5-6-8-16(14)23)15-11-13(26(29)30)9-10-17(15)25-18/h5-11,19H,3-4,12H2,1-2H3. The molecule has 9 nitrogen and oxygen atoms in total. The lowest BCUT2D eigenvalue weighted by atomic mass is 10.00. The van der Waals surface area contributed by atoms with Gasteiger partial charge in [-0.2, -0.15) is 0 Å². The zero-order valence-corrected chi connectivity index (χ0v) is 18.2. The summed E-state index contributed by atoms with van der Waals surface area (Å²) in [6.07, 6.45) is 0. The maximum atomic E-state index is 12.6. The van der Waals surface area contributed by atoms with Crippen LogP contribution in [0.4, 0.5) is 11.4 Å². The average molecular weight is 458 g/mol. The largest absolute Gasteiger partial charge is 0.465 e. The number of halogens is 1. The summed E-state index contributed by atoms with van der Waals surface area (Å²) < 4.78 is 10.1. The summed E-state index contributed by atoms with van der Waals surface area (Å²) in [4.78, 5) is 45.0. The quantitative estimate of drug-likeness (QED) is 0.269. The van der Waals surface area contributed by atoms with E-state index in [1.54, 1.807) is 38.1 Å². The van der Waals surface area contributed by atoms with Gasteiger partial charge in [-0.15, -0.1) is 0 Å². The molecule has 1 aliphatic heterocycles. The van der Waals surface area contributed by atoms with E-state index in [4.69, 9.17) is 21.1 Å². The van der Waals surface area contributed by atoms with E-state index in [0.29, 0.717) is 27.5 Å². The van der Waals surface area contributed by atoms with Crippen LogP contribution in [-0.2, 0) is 19.1 Å². The number of hydrogen-bond donors (Lipinski definition) is 0. The highest BCUT2D eigenvalue weighted by Crippen LogP contribution is 2.32. The normalized spacial score (nSPS) is 12.9. The third-order valence-corrected chi connectivity index (χ3v) is 4.95. The van der Waals surface area contributed by atoms with Gasteiger partial charge in [0.05, 0.1) is 41.8 Å². The van der Waals surface area contributed by atoms with Crippen molar-refractivity contribution in [1.82, 2.24) is 0 Å². The molecule has 0 bridgehead atoms. The van der Waals surface area contributed by atoms with Crippen LogP contribution in [-0.4, -0.2) is 48.0 Å². The second-order valence-corrected chi connectivity index (χ2v) is 7.05. The molecule has 0 saturated carbocycles. The topological polar surface area (TPSA) is 120 Å². The fourth-order valence-corrected chi connectivity index (χ4v) is 3.44. The highest BCUT2D eigenvalue weighted by atomic mass is 35.5. The van der Waals surface area contributed by atoms with E-state index in [1.165, 1.54) is 18.2 Å². The molecule has 2 aromatic carbocycles. The lowest BCUT2D eigenvalue weighted by Gasteiger charge is -2.15. The molecule has 2 aromatic rings. The van der Waals surface area contributed by atoms with Crippen molar-refractivity contribution in [3.63, 3.8) is 0 Å². The van der Waals surface area contributed by atoms with Gasteiger partial charge in [-0.25, -0.2) is 0 Å². The second kappa shape index (κ2) is 10.1. The smallest absolute Gasteiger partial charge is 0.326 e. The van der Waals surface area contributed by atoms with E-state index in [0.717, 1.165) is 0 Å². The molecule has 166 valence electrons. The van der Waals surface area contributed by atoms with Gasteiger partial charge in [-0.05, 0) is 26.0 Å². The summed E-state index contributed by atoms with van der Waals surface area (Å²) in [7, 11) is 0. The molecular weight excluding hydrogens is 438 g/mol. The number of hydrogen-bond acceptors (Lipinski definition) is 8. The number of fused-ring (bicyclic) bond motifs is 1. The maximum absolute atomic E-state index is 12.6. The summed E-state index contributed by atoms with van der Waals surface area (Å²) in [5, 5.41) is 11.7. The van der Waals surface area contributed by atoms with E-state index in [1.807, 2.05) is 0 Å². The van der Waals surface area contributed by atoms with E-state index in [-0.39, 0.29) is 31.2 Å². The van der Waals surface area contributed by atoms with Gasteiger partial charge >= 0.3 is 11.9 Å². The number of nitrogens with zero attached hydrogens (tertiary/aromatic N) is 3. The number of non-ortho nitro benzene ring substituents is 1. The molecule has 3 rings (SSSR count). The molecule has 0 spiro atoms. The Hall–Kier alpha value is -3.59. The predicted octanol–water partition coefficient (Wildman–Crippen LogP) is 3.91. The minimum Gasteiger partial charge on any atom is -0.465 e. The van der Waals surface area contributed by atoms with Crippen molar-refractivity contribution in [3.8, 4) is 0 Å². The van der Waals surface area contributed by atoms with Gasteiger partial charge in [-0.3, -0.25) is 29.7 Å². The van der Waals surface area contributed by atoms with Gasteiger partial charge < -0.3 is 9.47 Å².